The molecule has 1 aliphatic rings. The van der Waals surface area contributed by atoms with Gasteiger partial charge in [0.25, 0.3) is 10.0 Å². The summed E-state index contributed by atoms with van der Waals surface area (Å²) in [7, 11) is 1.41. The summed E-state index contributed by atoms with van der Waals surface area (Å²) in [6, 6.07) is 11.6. The fourth-order valence-electron chi connectivity index (χ4n) is 3.79. The molecule has 0 fully saturated rings. The molecule has 0 saturated carbocycles. The first-order valence-corrected chi connectivity index (χ1v) is 13.6. The number of carbonyl (C=O) groups is 1. The molecule has 3 aromatic rings. The summed E-state index contributed by atoms with van der Waals surface area (Å²) in [6.45, 7) is 2.90. The summed E-state index contributed by atoms with van der Waals surface area (Å²) in [6.07, 6.45) is 0.117. The van der Waals surface area contributed by atoms with Crippen molar-refractivity contribution in [2.45, 2.75) is 24.8 Å². The van der Waals surface area contributed by atoms with Crippen LogP contribution in [0.3, 0.4) is 0 Å². The largest absolute Gasteiger partial charge is 0.493 e. The van der Waals surface area contributed by atoms with E-state index in [4.69, 9.17) is 25.8 Å². The molecule has 2 aromatic carbocycles. The third-order valence-electron chi connectivity index (χ3n) is 5.83. The van der Waals surface area contributed by atoms with Gasteiger partial charge >= 0.3 is 0 Å². The number of methoxy groups -OCH3 is 1. The number of fused-ring (bicyclic) bond motifs is 1. The Bertz CT molecular complexity index is 1460. The van der Waals surface area contributed by atoms with Gasteiger partial charge in [0.05, 0.1) is 18.4 Å². The molecule has 0 bridgehead atoms. The van der Waals surface area contributed by atoms with Gasteiger partial charge in [0, 0.05) is 17.1 Å². The Morgan fingerprint density at radius 3 is 2.63 bits per heavy atom. The number of carbonyl (C=O) groups excluding carboxylic acids is 1. The smallest absolute Gasteiger partial charge is 0.263 e. The Kier molecular flexibility index (Phi) is 8.29. The highest BCUT2D eigenvalue weighted by atomic mass is 35.5. The van der Waals surface area contributed by atoms with E-state index in [1.54, 1.807) is 44.4 Å². The van der Waals surface area contributed by atoms with Crippen LogP contribution in [0.1, 0.15) is 16.7 Å². The topological polar surface area (TPSA) is 119 Å². The first kappa shape index (κ1) is 27.5. The lowest BCUT2D eigenvalue weighted by atomic mass is 10.2. The second kappa shape index (κ2) is 11.5. The zero-order chi connectivity index (χ0) is 27.4. The second-order valence-electron chi connectivity index (χ2n) is 8.96. The van der Waals surface area contributed by atoms with Gasteiger partial charge in [-0.1, -0.05) is 23.7 Å². The molecule has 38 heavy (non-hydrogen) atoms. The van der Waals surface area contributed by atoms with Crippen molar-refractivity contribution in [2.24, 2.45) is 0 Å². The maximum atomic E-state index is 13.2. The van der Waals surface area contributed by atoms with Gasteiger partial charge in [-0.05, 0) is 62.5 Å². The SMILES string of the molecule is COc1ccc(COc2cc3c(nc2NS(=O)(=O)c2cccc(Cl)c2C)NC(=O)C3)cc1OCCN(C)C. The second-order valence-corrected chi connectivity index (χ2v) is 11.0. The van der Waals surface area contributed by atoms with E-state index in [0.717, 1.165) is 12.1 Å². The van der Waals surface area contributed by atoms with E-state index in [9.17, 15) is 13.2 Å². The predicted octanol–water partition coefficient (Wildman–Crippen LogP) is 3.87. The fourth-order valence-corrected chi connectivity index (χ4v) is 5.31. The molecule has 10 nitrogen and oxygen atoms in total. The first-order valence-electron chi connectivity index (χ1n) is 11.8. The predicted molar refractivity (Wildman–Crippen MR) is 145 cm³/mol. The van der Waals surface area contributed by atoms with Crippen LogP contribution in [-0.2, 0) is 27.8 Å². The molecule has 12 heteroatoms. The number of rotatable bonds is 11. The van der Waals surface area contributed by atoms with Crippen LogP contribution in [0.2, 0.25) is 5.02 Å². The van der Waals surface area contributed by atoms with Crippen molar-refractivity contribution in [1.29, 1.82) is 0 Å². The van der Waals surface area contributed by atoms with Crippen LogP contribution in [-0.4, -0.2) is 58.6 Å². The number of halogens is 1. The number of benzene rings is 2. The van der Waals surface area contributed by atoms with Crippen LogP contribution >= 0.6 is 11.6 Å². The lowest BCUT2D eigenvalue weighted by molar-refractivity contribution is -0.115. The van der Waals surface area contributed by atoms with Crippen molar-refractivity contribution in [2.75, 3.05) is 44.4 Å². The van der Waals surface area contributed by atoms with Gasteiger partial charge < -0.3 is 24.4 Å². The summed E-state index contributed by atoms with van der Waals surface area (Å²) in [5.74, 6) is 1.31. The number of hydrogen-bond donors (Lipinski definition) is 2. The van der Waals surface area contributed by atoms with E-state index in [2.05, 4.69) is 15.0 Å². The van der Waals surface area contributed by atoms with Crippen molar-refractivity contribution in [3.8, 4) is 17.2 Å². The minimum absolute atomic E-state index is 0.0111. The molecule has 0 spiro atoms. The number of anilines is 2. The Labute approximate surface area is 226 Å². The number of amides is 1. The quantitative estimate of drug-likeness (QED) is 0.363. The Morgan fingerprint density at radius 1 is 1.11 bits per heavy atom. The summed E-state index contributed by atoms with van der Waals surface area (Å²) < 4.78 is 46.3. The minimum atomic E-state index is -4.07. The summed E-state index contributed by atoms with van der Waals surface area (Å²) in [5, 5.41) is 2.96. The van der Waals surface area contributed by atoms with E-state index >= 15 is 0 Å². The van der Waals surface area contributed by atoms with Gasteiger partial charge in [0.1, 0.15) is 19.0 Å². The molecule has 4 rings (SSSR count). The van der Waals surface area contributed by atoms with E-state index < -0.39 is 10.0 Å². The Morgan fingerprint density at radius 2 is 1.89 bits per heavy atom. The van der Waals surface area contributed by atoms with Gasteiger partial charge in [0.15, 0.2) is 23.1 Å². The lowest BCUT2D eigenvalue weighted by Gasteiger charge is -2.17. The molecule has 0 saturated heterocycles. The molecule has 2 heterocycles. The third kappa shape index (κ3) is 6.29. The maximum Gasteiger partial charge on any atom is 0.263 e. The van der Waals surface area contributed by atoms with Crippen LogP contribution in [0, 0.1) is 6.92 Å². The number of hydrogen-bond acceptors (Lipinski definition) is 8. The molecule has 202 valence electrons. The number of aromatic nitrogens is 1. The van der Waals surface area contributed by atoms with Crippen molar-refractivity contribution >= 4 is 39.2 Å². The number of nitrogens with one attached hydrogen (secondary N) is 2. The molecule has 2 N–H and O–H groups in total. The zero-order valence-corrected chi connectivity index (χ0v) is 23.1. The molecule has 1 aromatic heterocycles. The third-order valence-corrected chi connectivity index (χ3v) is 7.73. The van der Waals surface area contributed by atoms with Crippen molar-refractivity contribution < 1.29 is 27.4 Å². The van der Waals surface area contributed by atoms with E-state index in [1.807, 2.05) is 25.1 Å². The first-order chi connectivity index (χ1) is 18.1. The van der Waals surface area contributed by atoms with Crippen molar-refractivity contribution in [3.63, 3.8) is 0 Å². The molecule has 0 atom stereocenters. The monoisotopic (exact) mass is 560 g/mol. The Hall–Kier alpha value is -3.54. The van der Waals surface area contributed by atoms with Gasteiger partial charge in [0.2, 0.25) is 5.91 Å². The molecule has 1 aliphatic heterocycles. The van der Waals surface area contributed by atoms with Gasteiger partial charge in [-0.25, -0.2) is 13.4 Å². The molecule has 1 amide bonds. The fraction of sp³-hybridized carbons (Fsp3) is 0.308. The summed E-state index contributed by atoms with van der Waals surface area (Å²) in [4.78, 5) is 18.3. The number of likely N-dealkylation sites (N-methyl/N-ethyl adjacent to an activating group) is 1. The molecule has 0 unspecified atom stereocenters. The summed E-state index contributed by atoms with van der Waals surface area (Å²) in [5.41, 5.74) is 1.77. The standard InChI is InChI=1S/C26H29ClN4O6S/c1-16-19(27)6-5-7-23(16)38(33,34)30-26-22(13-18-14-24(32)28-25(18)29-26)37-15-17-8-9-20(35-4)21(12-17)36-11-10-31(2)3/h5-9,12-13H,10-11,14-15H2,1-4H3,(H2,28,29,30,32). The van der Waals surface area contributed by atoms with Crippen LogP contribution < -0.4 is 24.2 Å². The number of sulfonamides is 1. The maximum absolute atomic E-state index is 13.2. The van der Waals surface area contributed by atoms with Crippen LogP contribution in [0.15, 0.2) is 47.4 Å². The van der Waals surface area contributed by atoms with Gasteiger partial charge in [-0.15, -0.1) is 0 Å². The van der Waals surface area contributed by atoms with Crippen LogP contribution in [0.4, 0.5) is 11.6 Å². The summed E-state index contributed by atoms with van der Waals surface area (Å²) >= 11 is 6.14. The molecular formula is C26H29ClN4O6S. The van der Waals surface area contributed by atoms with E-state index in [1.165, 1.54) is 6.07 Å². The van der Waals surface area contributed by atoms with E-state index in [-0.39, 0.29) is 41.2 Å². The van der Waals surface area contributed by atoms with Crippen molar-refractivity contribution in [1.82, 2.24) is 9.88 Å². The zero-order valence-electron chi connectivity index (χ0n) is 21.5. The number of pyridine rings is 1. The highest BCUT2D eigenvalue weighted by Crippen LogP contribution is 2.35. The molecule has 0 aliphatic carbocycles. The normalized spacial score (nSPS) is 12.7. The number of ether oxygens (including phenoxy) is 3. The Balaban J connectivity index is 1.61. The minimum Gasteiger partial charge on any atom is -0.493 e. The average molecular weight is 561 g/mol. The average Bonchev–Trinajstić information content (AvgIpc) is 3.22. The van der Waals surface area contributed by atoms with Crippen LogP contribution in [0.25, 0.3) is 0 Å². The molecule has 0 radical (unpaired) electrons. The van der Waals surface area contributed by atoms with Gasteiger partial charge in [-0.2, -0.15) is 0 Å². The van der Waals surface area contributed by atoms with Crippen molar-refractivity contribution in [3.05, 3.63) is 64.2 Å². The lowest BCUT2D eigenvalue weighted by Crippen LogP contribution is -2.19. The molecular weight excluding hydrogens is 532 g/mol. The van der Waals surface area contributed by atoms with Gasteiger partial charge in [-0.3, -0.25) is 9.52 Å². The highest BCUT2D eigenvalue weighted by Gasteiger charge is 2.26. The van der Waals surface area contributed by atoms with Crippen LogP contribution in [0.5, 0.6) is 17.2 Å². The van der Waals surface area contributed by atoms with E-state index in [0.29, 0.717) is 34.3 Å². The number of nitrogens with zero attached hydrogens (tertiary/aromatic N) is 2. The highest BCUT2D eigenvalue weighted by molar-refractivity contribution is 7.92.